The van der Waals surface area contributed by atoms with Crippen LogP contribution in [0.25, 0.3) is 0 Å². The third-order valence-electron chi connectivity index (χ3n) is 3.85. The highest BCUT2D eigenvalue weighted by Crippen LogP contribution is 2.25. The van der Waals surface area contributed by atoms with Crippen molar-refractivity contribution in [1.29, 1.82) is 0 Å². The lowest BCUT2D eigenvalue weighted by atomic mass is 10.1. The van der Waals surface area contributed by atoms with E-state index in [0.717, 1.165) is 12.0 Å². The van der Waals surface area contributed by atoms with E-state index >= 15 is 0 Å². The van der Waals surface area contributed by atoms with Gasteiger partial charge in [-0.1, -0.05) is 26.0 Å². The minimum absolute atomic E-state index is 0.301. The monoisotopic (exact) mass is 374 g/mol. The summed E-state index contributed by atoms with van der Waals surface area (Å²) in [6, 6.07) is 8.89. The molecule has 0 saturated heterocycles. The zero-order valence-corrected chi connectivity index (χ0v) is 15.6. The number of thiophene rings is 1. The summed E-state index contributed by atoms with van der Waals surface area (Å²) in [7, 11) is 0. The van der Waals surface area contributed by atoms with Crippen LogP contribution in [0, 0.1) is 0 Å². The maximum atomic E-state index is 12.7. The van der Waals surface area contributed by atoms with Crippen molar-refractivity contribution in [3.8, 4) is 0 Å². The van der Waals surface area contributed by atoms with Crippen LogP contribution in [0.15, 0.2) is 35.7 Å². The molecule has 0 atom stereocenters. The van der Waals surface area contributed by atoms with Gasteiger partial charge in [-0.15, -0.1) is 11.3 Å². The van der Waals surface area contributed by atoms with Crippen molar-refractivity contribution in [2.24, 2.45) is 0 Å². The second kappa shape index (κ2) is 9.15. The molecule has 2 rings (SSSR count). The summed E-state index contributed by atoms with van der Waals surface area (Å²) in [5.41, 5.74) is 1.95. The highest BCUT2D eigenvalue weighted by atomic mass is 32.1. The van der Waals surface area contributed by atoms with E-state index in [9.17, 15) is 14.4 Å². The molecule has 7 heteroatoms. The normalized spacial score (nSPS) is 10.4. The van der Waals surface area contributed by atoms with E-state index in [4.69, 9.17) is 5.11 Å². The van der Waals surface area contributed by atoms with Crippen LogP contribution in [0.3, 0.4) is 0 Å². The van der Waals surface area contributed by atoms with Crippen LogP contribution in [0.2, 0.25) is 0 Å². The Morgan fingerprint density at radius 1 is 1.12 bits per heavy atom. The predicted molar refractivity (Wildman–Crippen MR) is 102 cm³/mol. The van der Waals surface area contributed by atoms with Crippen LogP contribution in [-0.4, -0.2) is 40.9 Å². The second-order valence-electron chi connectivity index (χ2n) is 5.79. The molecule has 0 aliphatic rings. The molecule has 1 aromatic carbocycles. The van der Waals surface area contributed by atoms with Crippen molar-refractivity contribution in [3.05, 3.63) is 52.4 Å². The fourth-order valence-electron chi connectivity index (χ4n) is 2.50. The predicted octanol–water partition coefficient (Wildman–Crippen LogP) is 3.50. The molecule has 1 heterocycles. The Balaban J connectivity index is 2.16. The average molecular weight is 374 g/mol. The van der Waals surface area contributed by atoms with Gasteiger partial charge in [0.05, 0.1) is 5.56 Å². The summed E-state index contributed by atoms with van der Waals surface area (Å²) >= 11 is 1.24. The van der Waals surface area contributed by atoms with Crippen molar-refractivity contribution in [3.63, 3.8) is 0 Å². The van der Waals surface area contributed by atoms with Crippen LogP contribution in [0.5, 0.6) is 0 Å². The van der Waals surface area contributed by atoms with Crippen LogP contribution in [0.1, 0.15) is 46.5 Å². The molecule has 0 aliphatic carbocycles. The topological polar surface area (TPSA) is 86.7 Å². The Morgan fingerprint density at radius 2 is 1.81 bits per heavy atom. The third-order valence-corrected chi connectivity index (χ3v) is 4.68. The molecule has 0 bridgehead atoms. The number of nitrogens with one attached hydrogen (secondary N) is 1. The van der Waals surface area contributed by atoms with E-state index in [-0.39, 0.29) is 12.5 Å². The lowest BCUT2D eigenvalue weighted by Gasteiger charge is -2.20. The SMILES string of the molecule is CCCN(CC(=O)O)C(=O)c1ccsc1NC(=O)c1ccc(CC)cc1. The van der Waals surface area contributed by atoms with Gasteiger partial charge in [0.25, 0.3) is 11.8 Å². The Bertz CT molecular complexity index is 783. The fourth-order valence-corrected chi connectivity index (χ4v) is 3.27. The summed E-state index contributed by atoms with van der Waals surface area (Å²) in [6.45, 7) is 3.89. The summed E-state index contributed by atoms with van der Waals surface area (Å²) in [5.74, 6) is -1.76. The molecule has 2 aromatic rings. The number of carboxylic acid groups (broad SMARTS) is 1. The lowest BCUT2D eigenvalue weighted by molar-refractivity contribution is -0.137. The zero-order valence-electron chi connectivity index (χ0n) is 14.8. The number of hydrogen-bond donors (Lipinski definition) is 2. The number of carbonyl (C=O) groups excluding carboxylic acids is 2. The maximum Gasteiger partial charge on any atom is 0.323 e. The van der Waals surface area contributed by atoms with Gasteiger partial charge in [0, 0.05) is 12.1 Å². The molecule has 2 amide bonds. The molecule has 138 valence electrons. The number of carbonyl (C=O) groups is 3. The molecule has 2 N–H and O–H groups in total. The maximum absolute atomic E-state index is 12.7. The molecule has 0 spiro atoms. The summed E-state index contributed by atoms with van der Waals surface area (Å²) < 4.78 is 0. The number of aliphatic carboxylic acids is 1. The van der Waals surface area contributed by atoms with Gasteiger partial charge in [0.2, 0.25) is 0 Å². The number of hydrogen-bond acceptors (Lipinski definition) is 4. The van der Waals surface area contributed by atoms with Gasteiger partial charge in [0.15, 0.2) is 0 Å². The first-order valence-electron chi connectivity index (χ1n) is 8.45. The highest BCUT2D eigenvalue weighted by molar-refractivity contribution is 7.14. The molecular weight excluding hydrogens is 352 g/mol. The summed E-state index contributed by atoms with van der Waals surface area (Å²) in [6.07, 6.45) is 1.54. The standard InChI is InChI=1S/C19H22N2O4S/c1-3-10-21(12-16(22)23)19(25)15-9-11-26-18(15)20-17(24)14-7-5-13(4-2)6-8-14/h5-9,11H,3-4,10,12H2,1-2H3,(H,20,24)(H,22,23). The van der Waals surface area contributed by atoms with E-state index in [1.807, 2.05) is 26.0 Å². The summed E-state index contributed by atoms with van der Waals surface area (Å²) in [4.78, 5) is 37.4. The lowest BCUT2D eigenvalue weighted by Crippen LogP contribution is -2.36. The third kappa shape index (κ3) is 4.92. The van der Waals surface area contributed by atoms with Gasteiger partial charge in [-0.2, -0.15) is 0 Å². The molecule has 26 heavy (non-hydrogen) atoms. The van der Waals surface area contributed by atoms with Crippen molar-refractivity contribution < 1.29 is 19.5 Å². The molecule has 0 fully saturated rings. The minimum atomic E-state index is -1.07. The minimum Gasteiger partial charge on any atom is -0.480 e. The first-order valence-corrected chi connectivity index (χ1v) is 9.33. The van der Waals surface area contributed by atoms with Crippen LogP contribution in [0.4, 0.5) is 5.00 Å². The van der Waals surface area contributed by atoms with Crippen molar-refractivity contribution in [2.75, 3.05) is 18.4 Å². The van der Waals surface area contributed by atoms with Crippen molar-refractivity contribution in [1.82, 2.24) is 4.90 Å². The second-order valence-corrected chi connectivity index (χ2v) is 6.70. The Kier molecular flexibility index (Phi) is 6.91. The number of anilines is 1. The molecular formula is C19H22N2O4S. The van der Waals surface area contributed by atoms with Gasteiger partial charge in [-0.25, -0.2) is 0 Å². The quantitative estimate of drug-likeness (QED) is 0.740. The highest BCUT2D eigenvalue weighted by Gasteiger charge is 2.22. The molecule has 1 aromatic heterocycles. The van der Waals surface area contributed by atoms with Gasteiger partial charge >= 0.3 is 5.97 Å². The average Bonchev–Trinajstić information content (AvgIpc) is 3.08. The number of benzene rings is 1. The molecule has 6 nitrogen and oxygen atoms in total. The largest absolute Gasteiger partial charge is 0.480 e. The number of carboxylic acids is 1. The Labute approximate surface area is 156 Å². The van der Waals surface area contributed by atoms with Gasteiger partial charge in [0.1, 0.15) is 11.5 Å². The van der Waals surface area contributed by atoms with E-state index < -0.39 is 11.9 Å². The molecule has 0 saturated carbocycles. The Hall–Kier alpha value is -2.67. The van der Waals surface area contributed by atoms with Crippen LogP contribution >= 0.6 is 11.3 Å². The number of aryl methyl sites for hydroxylation is 1. The van der Waals surface area contributed by atoms with Crippen LogP contribution in [-0.2, 0) is 11.2 Å². The summed E-state index contributed by atoms with van der Waals surface area (Å²) in [5, 5.41) is 13.9. The van der Waals surface area contributed by atoms with Crippen LogP contribution < -0.4 is 5.32 Å². The molecule has 0 radical (unpaired) electrons. The molecule has 0 aliphatic heterocycles. The van der Waals surface area contributed by atoms with Crippen molar-refractivity contribution >= 4 is 34.1 Å². The van der Waals surface area contributed by atoms with E-state index in [1.165, 1.54) is 16.2 Å². The Morgan fingerprint density at radius 3 is 2.38 bits per heavy atom. The van der Waals surface area contributed by atoms with Gasteiger partial charge < -0.3 is 15.3 Å². The number of rotatable bonds is 8. The van der Waals surface area contributed by atoms with Crippen molar-refractivity contribution in [2.45, 2.75) is 26.7 Å². The number of amides is 2. The molecule has 0 unspecified atom stereocenters. The number of nitrogens with zero attached hydrogens (tertiary/aromatic N) is 1. The van der Waals surface area contributed by atoms with Gasteiger partial charge in [-0.3, -0.25) is 14.4 Å². The first kappa shape index (κ1) is 19.7. The van der Waals surface area contributed by atoms with E-state index in [0.29, 0.717) is 29.1 Å². The fraction of sp³-hybridized carbons (Fsp3) is 0.316. The zero-order chi connectivity index (χ0) is 19.1. The van der Waals surface area contributed by atoms with Gasteiger partial charge in [-0.05, 0) is 42.0 Å². The van der Waals surface area contributed by atoms with E-state index in [2.05, 4.69) is 5.32 Å². The van der Waals surface area contributed by atoms with E-state index in [1.54, 1.807) is 23.6 Å². The smallest absolute Gasteiger partial charge is 0.323 e. The first-order chi connectivity index (χ1) is 12.5.